The summed E-state index contributed by atoms with van der Waals surface area (Å²) in [6, 6.07) is 3.99. The quantitative estimate of drug-likeness (QED) is 0.463. The molecule has 0 fully saturated rings. The van der Waals surface area contributed by atoms with Crippen molar-refractivity contribution in [2.24, 2.45) is 0 Å². The molecule has 1 aromatic carbocycles. The highest BCUT2D eigenvalue weighted by Gasteiger charge is 2.07. The van der Waals surface area contributed by atoms with E-state index < -0.39 is 5.82 Å². The van der Waals surface area contributed by atoms with E-state index >= 15 is 0 Å². The molecule has 2 nitrogen and oxygen atoms in total. The molecule has 0 aromatic heterocycles. The van der Waals surface area contributed by atoms with Crippen LogP contribution < -0.4 is 5.73 Å². The first-order valence-electron chi connectivity index (χ1n) is 3.79. The number of nitrogen functional groups attached to an aromatic ring is 1. The third-order valence-electron chi connectivity index (χ3n) is 1.64. The van der Waals surface area contributed by atoms with E-state index in [1.807, 2.05) is 0 Å². The van der Waals surface area contributed by atoms with E-state index in [1.54, 1.807) is 0 Å². The lowest BCUT2D eigenvalue weighted by atomic mass is 10.1. The minimum atomic E-state index is -0.569. The van der Waals surface area contributed by atoms with E-state index in [1.165, 1.54) is 12.1 Å². The second-order valence-electron chi connectivity index (χ2n) is 2.60. The molecule has 2 N–H and O–H groups in total. The summed E-state index contributed by atoms with van der Waals surface area (Å²) in [5, 5.41) is 0. The van der Waals surface area contributed by atoms with Crippen LogP contribution in [0.2, 0.25) is 0 Å². The molecule has 0 aliphatic carbocycles. The lowest BCUT2D eigenvalue weighted by Crippen LogP contribution is -2.01. The molecule has 0 amide bonds. The molecule has 0 aliphatic rings. The molecule has 0 spiro atoms. The van der Waals surface area contributed by atoms with Crippen molar-refractivity contribution in [3.63, 3.8) is 0 Å². The Morgan fingerprint density at radius 3 is 2.77 bits per heavy atom. The fourth-order valence-electron chi connectivity index (χ4n) is 0.931. The summed E-state index contributed by atoms with van der Waals surface area (Å²) in [4.78, 5) is 11.2. The molecule has 0 unspecified atom stereocenters. The SMILES string of the molecule is Nc1ccc(C(=O)CCCl)cc1F. The van der Waals surface area contributed by atoms with Gasteiger partial charge in [0, 0.05) is 17.9 Å². The van der Waals surface area contributed by atoms with Crippen LogP contribution in [0.5, 0.6) is 0 Å². The third-order valence-corrected chi connectivity index (χ3v) is 1.83. The first-order chi connectivity index (χ1) is 6.15. The number of alkyl halides is 1. The Balaban J connectivity index is 2.90. The molecule has 0 bridgehead atoms. The maximum Gasteiger partial charge on any atom is 0.164 e. The number of ketones is 1. The van der Waals surface area contributed by atoms with Crippen molar-refractivity contribution >= 4 is 23.1 Å². The molecule has 0 saturated carbocycles. The molecule has 13 heavy (non-hydrogen) atoms. The highest BCUT2D eigenvalue weighted by atomic mass is 35.5. The van der Waals surface area contributed by atoms with Crippen LogP contribution in [0.3, 0.4) is 0 Å². The largest absolute Gasteiger partial charge is 0.396 e. The first-order valence-corrected chi connectivity index (χ1v) is 4.33. The van der Waals surface area contributed by atoms with Crippen LogP contribution in [0.15, 0.2) is 18.2 Å². The topological polar surface area (TPSA) is 43.1 Å². The van der Waals surface area contributed by atoms with E-state index in [0.717, 1.165) is 6.07 Å². The van der Waals surface area contributed by atoms with Crippen LogP contribution in [0.4, 0.5) is 10.1 Å². The summed E-state index contributed by atoms with van der Waals surface area (Å²) in [7, 11) is 0. The summed E-state index contributed by atoms with van der Waals surface area (Å²) >= 11 is 5.38. The van der Waals surface area contributed by atoms with Crippen molar-refractivity contribution in [3.05, 3.63) is 29.6 Å². The summed E-state index contributed by atoms with van der Waals surface area (Å²) in [6.45, 7) is 0. The maximum atomic E-state index is 12.9. The van der Waals surface area contributed by atoms with Gasteiger partial charge in [-0.3, -0.25) is 4.79 Å². The van der Waals surface area contributed by atoms with Crippen LogP contribution in [0.1, 0.15) is 16.8 Å². The number of anilines is 1. The van der Waals surface area contributed by atoms with Gasteiger partial charge >= 0.3 is 0 Å². The number of hydrogen-bond donors (Lipinski definition) is 1. The van der Waals surface area contributed by atoms with Crippen molar-refractivity contribution in [2.45, 2.75) is 6.42 Å². The second-order valence-corrected chi connectivity index (χ2v) is 2.98. The summed E-state index contributed by atoms with van der Waals surface area (Å²) < 4.78 is 12.9. The predicted octanol–water partition coefficient (Wildman–Crippen LogP) is 2.22. The van der Waals surface area contributed by atoms with E-state index in [-0.39, 0.29) is 23.8 Å². The highest BCUT2D eigenvalue weighted by molar-refractivity contribution is 6.19. The molecular formula is C9H9ClFNO. The maximum absolute atomic E-state index is 12.9. The van der Waals surface area contributed by atoms with Gasteiger partial charge in [-0.05, 0) is 18.2 Å². The van der Waals surface area contributed by atoms with Gasteiger partial charge in [-0.2, -0.15) is 0 Å². The van der Waals surface area contributed by atoms with Crippen molar-refractivity contribution in [1.29, 1.82) is 0 Å². The summed E-state index contributed by atoms with van der Waals surface area (Å²) in [6.07, 6.45) is 0.213. The van der Waals surface area contributed by atoms with Gasteiger partial charge in [-0.15, -0.1) is 11.6 Å². The van der Waals surface area contributed by atoms with Gasteiger partial charge in [-0.25, -0.2) is 4.39 Å². The zero-order valence-electron chi connectivity index (χ0n) is 6.89. The van der Waals surface area contributed by atoms with Crippen LogP contribution in [0, 0.1) is 5.82 Å². The number of nitrogens with two attached hydrogens (primary N) is 1. The molecule has 0 radical (unpaired) electrons. The Kier molecular flexibility index (Phi) is 3.25. The Morgan fingerprint density at radius 2 is 2.23 bits per heavy atom. The monoisotopic (exact) mass is 201 g/mol. The summed E-state index contributed by atoms with van der Waals surface area (Å²) in [5.41, 5.74) is 5.61. The fraction of sp³-hybridized carbons (Fsp3) is 0.222. The van der Waals surface area contributed by atoms with Crippen LogP contribution >= 0.6 is 11.6 Å². The number of halogens is 2. The number of Topliss-reactive ketones (excluding diaryl/α,β-unsaturated/α-hetero) is 1. The molecule has 0 aliphatic heterocycles. The van der Waals surface area contributed by atoms with Crippen LogP contribution in [-0.2, 0) is 0 Å². The third kappa shape index (κ3) is 2.42. The zero-order chi connectivity index (χ0) is 9.84. The van der Waals surface area contributed by atoms with Crippen molar-refractivity contribution in [1.82, 2.24) is 0 Å². The van der Waals surface area contributed by atoms with Crippen LogP contribution in [0.25, 0.3) is 0 Å². The Morgan fingerprint density at radius 1 is 1.54 bits per heavy atom. The number of benzene rings is 1. The Hall–Kier alpha value is -1.09. The molecule has 1 aromatic rings. The molecule has 0 saturated heterocycles. The van der Waals surface area contributed by atoms with E-state index in [4.69, 9.17) is 17.3 Å². The average molecular weight is 202 g/mol. The normalized spacial score (nSPS) is 10.0. The Labute approximate surface area is 80.5 Å². The lowest BCUT2D eigenvalue weighted by molar-refractivity contribution is 0.0989. The standard InChI is InChI=1S/C9H9ClFNO/c10-4-3-9(13)6-1-2-8(12)7(11)5-6/h1-2,5H,3-4,12H2. The number of carbonyl (C=O) groups excluding carboxylic acids is 1. The molecule has 70 valence electrons. The summed E-state index contributed by atoms with van der Waals surface area (Å²) in [5.74, 6) is -0.500. The number of carbonyl (C=O) groups is 1. The number of hydrogen-bond acceptors (Lipinski definition) is 2. The second kappa shape index (κ2) is 4.23. The minimum absolute atomic E-state index is 0.0439. The lowest BCUT2D eigenvalue weighted by Gasteiger charge is -2.00. The zero-order valence-corrected chi connectivity index (χ0v) is 7.64. The minimum Gasteiger partial charge on any atom is -0.396 e. The van der Waals surface area contributed by atoms with E-state index in [0.29, 0.717) is 5.56 Å². The molecule has 0 atom stereocenters. The molecule has 0 heterocycles. The van der Waals surface area contributed by atoms with Gasteiger partial charge in [0.1, 0.15) is 5.82 Å². The fourth-order valence-corrected chi connectivity index (χ4v) is 1.10. The van der Waals surface area contributed by atoms with Gasteiger partial charge in [-0.1, -0.05) is 0 Å². The molecular weight excluding hydrogens is 193 g/mol. The van der Waals surface area contributed by atoms with E-state index in [9.17, 15) is 9.18 Å². The van der Waals surface area contributed by atoms with Gasteiger partial charge in [0.25, 0.3) is 0 Å². The van der Waals surface area contributed by atoms with Crippen LogP contribution in [-0.4, -0.2) is 11.7 Å². The van der Waals surface area contributed by atoms with Gasteiger partial charge in [0.2, 0.25) is 0 Å². The van der Waals surface area contributed by atoms with Gasteiger partial charge in [0.15, 0.2) is 5.78 Å². The van der Waals surface area contributed by atoms with Crippen molar-refractivity contribution in [2.75, 3.05) is 11.6 Å². The van der Waals surface area contributed by atoms with E-state index in [2.05, 4.69) is 0 Å². The smallest absolute Gasteiger partial charge is 0.164 e. The van der Waals surface area contributed by atoms with Gasteiger partial charge < -0.3 is 5.73 Å². The molecule has 4 heteroatoms. The van der Waals surface area contributed by atoms with Gasteiger partial charge in [0.05, 0.1) is 5.69 Å². The Bertz CT molecular complexity index is 327. The highest BCUT2D eigenvalue weighted by Crippen LogP contribution is 2.13. The molecule has 1 rings (SSSR count). The predicted molar refractivity (Wildman–Crippen MR) is 50.5 cm³/mol. The van der Waals surface area contributed by atoms with Crippen molar-refractivity contribution in [3.8, 4) is 0 Å². The first kappa shape index (κ1) is 9.99. The average Bonchev–Trinajstić information content (AvgIpc) is 2.10. The number of rotatable bonds is 3. The van der Waals surface area contributed by atoms with Crippen molar-refractivity contribution < 1.29 is 9.18 Å².